The van der Waals surface area contributed by atoms with E-state index >= 15 is 0 Å². The Morgan fingerprint density at radius 1 is 1.12 bits per heavy atom. The van der Waals surface area contributed by atoms with E-state index in [0.717, 1.165) is 11.1 Å². The number of halogens is 1. The van der Waals surface area contributed by atoms with E-state index in [2.05, 4.69) is 5.32 Å². The number of furan rings is 1. The minimum Gasteiger partial charge on any atom is -0.478 e. The summed E-state index contributed by atoms with van der Waals surface area (Å²) in [6.07, 6.45) is 1.34. The van der Waals surface area contributed by atoms with Crippen LogP contribution >= 0.6 is 23.8 Å². The van der Waals surface area contributed by atoms with Gasteiger partial charge in [0.25, 0.3) is 11.8 Å². The summed E-state index contributed by atoms with van der Waals surface area (Å²) in [6.45, 7) is 3.80. The van der Waals surface area contributed by atoms with Crippen LogP contribution in [0.5, 0.6) is 0 Å². The maximum atomic E-state index is 13.2. The van der Waals surface area contributed by atoms with Crippen LogP contribution in [-0.4, -0.2) is 28.0 Å². The number of carboxylic acid groups (broad SMARTS) is 1. The summed E-state index contributed by atoms with van der Waals surface area (Å²) in [4.78, 5) is 38.2. The lowest BCUT2D eigenvalue weighted by molar-refractivity contribution is -0.122. The highest BCUT2D eigenvalue weighted by atomic mass is 35.5. The van der Waals surface area contributed by atoms with Gasteiger partial charge in [-0.3, -0.25) is 19.8 Å². The number of carbonyl (C=O) groups is 3. The summed E-state index contributed by atoms with van der Waals surface area (Å²) in [6, 6.07) is 13.2. The molecule has 1 fully saturated rings. The van der Waals surface area contributed by atoms with Gasteiger partial charge in [0.1, 0.15) is 17.1 Å². The van der Waals surface area contributed by atoms with Crippen molar-refractivity contribution in [2.75, 3.05) is 4.90 Å². The molecule has 1 saturated heterocycles. The molecule has 1 aliphatic heterocycles. The Morgan fingerprint density at radius 3 is 2.55 bits per heavy atom. The van der Waals surface area contributed by atoms with Crippen LogP contribution in [0.2, 0.25) is 5.02 Å². The zero-order valence-corrected chi connectivity index (χ0v) is 19.1. The lowest BCUT2D eigenvalue weighted by Crippen LogP contribution is -2.54. The van der Waals surface area contributed by atoms with Gasteiger partial charge in [-0.2, -0.15) is 0 Å². The lowest BCUT2D eigenvalue weighted by Gasteiger charge is -2.30. The molecule has 1 aliphatic rings. The molecule has 0 atom stereocenters. The first-order valence-electron chi connectivity index (χ1n) is 9.77. The van der Waals surface area contributed by atoms with Crippen LogP contribution < -0.4 is 10.2 Å². The quantitative estimate of drug-likeness (QED) is 0.317. The van der Waals surface area contributed by atoms with Crippen molar-refractivity contribution in [3.05, 3.63) is 81.6 Å². The van der Waals surface area contributed by atoms with Crippen LogP contribution in [0.4, 0.5) is 5.69 Å². The Hall–Kier alpha value is -3.75. The number of carbonyl (C=O) groups excluding carboxylic acids is 2. The second-order valence-corrected chi connectivity index (χ2v) is 8.24. The van der Waals surface area contributed by atoms with Gasteiger partial charge in [-0.25, -0.2) is 4.79 Å². The molecular formula is C24H17ClN2O5S. The molecule has 4 rings (SSSR count). The van der Waals surface area contributed by atoms with Gasteiger partial charge in [0.05, 0.1) is 16.3 Å². The Balaban J connectivity index is 1.67. The standard InChI is InChI=1S/C24H17ClN2O5S/c1-12-3-7-19(13(2)9-12)27-22(29)17(21(28)26-24(27)33)11-15-5-8-20(32-15)14-4-6-16(23(30)31)18(25)10-14/h3-11H,1-2H3,(H,30,31)(H,26,28,33)/b17-11+. The third-order valence-corrected chi connectivity index (χ3v) is 5.69. The zero-order chi connectivity index (χ0) is 23.9. The molecule has 33 heavy (non-hydrogen) atoms. The minimum atomic E-state index is -1.13. The molecule has 0 aliphatic carbocycles. The highest BCUT2D eigenvalue weighted by Crippen LogP contribution is 2.30. The third kappa shape index (κ3) is 4.30. The molecule has 0 unspecified atom stereocenters. The SMILES string of the molecule is Cc1ccc(N2C(=O)/C(=C/c3ccc(-c4ccc(C(=O)O)c(Cl)c4)o3)C(=O)NC2=S)c(C)c1. The van der Waals surface area contributed by atoms with Crippen LogP contribution in [0.25, 0.3) is 17.4 Å². The molecule has 2 N–H and O–H groups in total. The fourth-order valence-electron chi connectivity index (χ4n) is 3.50. The number of hydrogen-bond acceptors (Lipinski definition) is 5. The monoisotopic (exact) mass is 480 g/mol. The van der Waals surface area contributed by atoms with Gasteiger partial charge in [0.2, 0.25) is 0 Å². The number of nitrogens with zero attached hydrogens (tertiary/aromatic N) is 1. The van der Waals surface area contributed by atoms with Crippen molar-refractivity contribution < 1.29 is 23.9 Å². The molecule has 2 amide bonds. The van der Waals surface area contributed by atoms with Crippen molar-refractivity contribution in [3.63, 3.8) is 0 Å². The predicted molar refractivity (Wildman–Crippen MR) is 128 cm³/mol. The van der Waals surface area contributed by atoms with Crippen molar-refractivity contribution in [1.82, 2.24) is 5.32 Å². The molecule has 0 saturated carbocycles. The number of carboxylic acids is 1. The summed E-state index contributed by atoms with van der Waals surface area (Å²) < 4.78 is 5.77. The number of nitrogens with one attached hydrogen (secondary N) is 1. The molecular weight excluding hydrogens is 464 g/mol. The molecule has 166 valence electrons. The van der Waals surface area contributed by atoms with Gasteiger partial charge in [0, 0.05) is 5.56 Å². The molecule has 2 aromatic carbocycles. The summed E-state index contributed by atoms with van der Waals surface area (Å²) in [5, 5.41) is 11.7. The number of rotatable bonds is 4. The van der Waals surface area contributed by atoms with E-state index in [9.17, 15) is 14.4 Å². The van der Waals surface area contributed by atoms with Gasteiger partial charge < -0.3 is 9.52 Å². The summed E-state index contributed by atoms with van der Waals surface area (Å²) in [7, 11) is 0. The Morgan fingerprint density at radius 2 is 1.88 bits per heavy atom. The van der Waals surface area contributed by atoms with Crippen molar-refractivity contribution in [2.24, 2.45) is 0 Å². The number of benzene rings is 2. The molecule has 3 aromatic rings. The highest BCUT2D eigenvalue weighted by Gasteiger charge is 2.35. The summed E-state index contributed by atoms with van der Waals surface area (Å²) in [5.74, 6) is -1.67. The molecule has 0 radical (unpaired) electrons. The first-order chi connectivity index (χ1) is 15.7. The van der Waals surface area contributed by atoms with Gasteiger partial charge in [0.15, 0.2) is 5.11 Å². The molecule has 9 heteroatoms. The van der Waals surface area contributed by atoms with E-state index in [1.54, 1.807) is 24.3 Å². The maximum Gasteiger partial charge on any atom is 0.337 e. The number of amides is 2. The molecule has 7 nitrogen and oxygen atoms in total. The molecule has 0 spiro atoms. The summed E-state index contributed by atoms with van der Waals surface area (Å²) in [5.41, 5.74) is 2.83. The Bertz CT molecular complexity index is 1370. The first-order valence-corrected chi connectivity index (χ1v) is 10.6. The van der Waals surface area contributed by atoms with Crippen LogP contribution in [0.3, 0.4) is 0 Å². The molecule has 2 heterocycles. The number of thiocarbonyl (C=S) groups is 1. The van der Waals surface area contributed by atoms with E-state index in [4.69, 9.17) is 33.3 Å². The van der Waals surface area contributed by atoms with Crippen molar-refractivity contribution in [1.29, 1.82) is 0 Å². The second-order valence-electron chi connectivity index (χ2n) is 7.45. The number of aryl methyl sites for hydroxylation is 2. The average molecular weight is 481 g/mol. The van der Waals surface area contributed by atoms with E-state index < -0.39 is 17.8 Å². The number of anilines is 1. The van der Waals surface area contributed by atoms with Crippen molar-refractivity contribution >= 4 is 58.5 Å². The summed E-state index contributed by atoms with van der Waals surface area (Å²) >= 11 is 11.3. The van der Waals surface area contributed by atoms with E-state index in [1.165, 1.54) is 23.1 Å². The van der Waals surface area contributed by atoms with Gasteiger partial charge in [-0.15, -0.1) is 0 Å². The normalized spacial score (nSPS) is 15.2. The minimum absolute atomic E-state index is 0.00222. The lowest BCUT2D eigenvalue weighted by atomic mass is 10.1. The van der Waals surface area contributed by atoms with E-state index in [-0.39, 0.29) is 27.0 Å². The predicted octanol–water partition coefficient (Wildman–Crippen LogP) is 4.75. The van der Waals surface area contributed by atoms with Gasteiger partial charge in [-0.05, 0) is 68.0 Å². The van der Waals surface area contributed by atoms with Crippen LogP contribution in [0, 0.1) is 13.8 Å². The Kier molecular flexibility index (Phi) is 5.88. The largest absolute Gasteiger partial charge is 0.478 e. The fraction of sp³-hybridized carbons (Fsp3) is 0.0833. The first kappa shape index (κ1) is 22.4. The van der Waals surface area contributed by atoms with Gasteiger partial charge >= 0.3 is 5.97 Å². The van der Waals surface area contributed by atoms with E-state index in [0.29, 0.717) is 17.0 Å². The van der Waals surface area contributed by atoms with Crippen LogP contribution in [0.15, 0.2) is 58.5 Å². The van der Waals surface area contributed by atoms with E-state index in [1.807, 2.05) is 26.0 Å². The van der Waals surface area contributed by atoms with Crippen LogP contribution in [0.1, 0.15) is 27.2 Å². The second kappa shape index (κ2) is 8.65. The topological polar surface area (TPSA) is 99.8 Å². The van der Waals surface area contributed by atoms with Crippen molar-refractivity contribution in [2.45, 2.75) is 13.8 Å². The smallest absolute Gasteiger partial charge is 0.337 e. The molecule has 1 aromatic heterocycles. The van der Waals surface area contributed by atoms with Crippen LogP contribution in [-0.2, 0) is 9.59 Å². The maximum absolute atomic E-state index is 13.2. The zero-order valence-electron chi connectivity index (χ0n) is 17.5. The van der Waals surface area contributed by atoms with Crippen molar-refractivity contribution in [3.8, 4) is 11.3 Å². The molecule has 0 bridgehead atoms. The third-order valence-electron chi connectivity index (χ3n) is 5.09. The number of aromatic carboxylic acids is 1. The Labute approximate surface area is 199 Å². The fourth-order valence-corrected chi connectivity index (χ4v) is 4.04. The van der Waals surface area contributed by atoms with Gasteiger partial charge in [-0.1, -0.05) is 35.4 Å². The average Bonchev–Trinajstić information content (AvgIpc) is 3.21. The highest BCUT2D eigenvalue weighted by molar-refractivity contribution is 7.80. The number of hydrogen-bond donors (Lipinski definition) is 2.